The minimum Gasteiger partial charge on any atom is -0.507 e. The normalized spacial score (nSPS) is 16.4. The zero-order valence-electron chi connectivity index (χ0n) is 18.3. The van der Waals surface area contributed by atoms with Crippen molar-refractivity contribution in [1.29, 1.82) is 0 Å². The Hall–Kier alpha value is -2.87. The highest BCUT2D eigenvalue weighted by Crippen LogP contribution is 2.39. The maximum absolute atomic E-state index is 11.3. The van der Waals surface area contributed by atoms with Crippen LogP contribution in [-0.2, 0) is 0 Å². The van der Waals surface area contributed by atoms with Crippen LogP contribution in [0.1, 0.15) is 74.8 Å². The number of aromatic hydroxyl groups is 1. The fraction of sp³-hybridized carbons (Fsp3) is 0.345. The second-order valence-electron chi connectivity index (χ2n) is 8.71. The minimum absolute atomic E-state index is 0.404. The molecule has 0 radical (unpaired) electrons. The summed E-state index contributed by atoms with van der Waals surface area (Å²) in [5, 5.41) is 11.3. The molecular weight excluding hydrogens is 378 g/mol. The summed E-state index contributed by atoms with van der Waals surface area (Å²) in [6, 6.07) is 24.7. The maximum Gasteiger partial charge on any atom is 0.127 e. The molecule has 1 aliphatic rings. The van der Waals surface area contributed by atoms with Crippen molar-refractivity contribution in [1.82, 2.24) is 0 Å². The molecule has 1 fully saturated rings. The lowest BCUT2D eigenvalue weighted by Gasteiger charge is -2.22. The van der Waals surface area contributed by atoms with Crippen LogP contribution in [0.15, 0.2) is 77.8 Å². The van der Waals surface area contributed by atoms with Gasteiger partial charge in [0.25, 0.3) is 0 Å². The van der Waals surface area contributed by atoms with Gasteiger partial charge in [-0.15, -0.1) is 0 Å². The third-order valence-corrected chi connectivity index (χ3v) is 6.43. The number of phenols is 1. The molecular formula is C29H33NO. The Morgan fingerprint density at radius 3 is 1.90 bits per heavy atom. The molecule has 0 aliphatic heterocycles. The first kappa shape index (κ1) is 21.4. The predicted molar refractivity (Wildman–Crippen MR) is 132 cm³/mol. The molecule has 0 aromatic heterocycles. The molecule has 1 N–H and O–H groups in total. The van der Waals surface area contributed by atoms with Crippen molar-refractivity contribution >= 4 is 11.9 Å². The molecule has 2 heteroatoms. The van der Waals surface area contributed by atoms with E-state index >= 15 is 0 Å². The molecule has 31 heavy (non-hydrogen) atoms. The lowest BCUT2D eigenvalue weighted by Crippen LogP contribution is -2.04. The number of para-hydroxylation sites is 1. The van der Waals surface area contributed by atoms with Crippen molar-refractivity contribution in [3.8, 4) is 16.9 Å². The largest absolute Gasteiger partial charge is 0.507 e. The molecule has 1 aliphatic carbocycles. The van der Waals surface area contributed by atoms with E-state index in [-0.39, 0.29) is 0 Å². The summed E-state index contributed by atoms with van der Waals surface area (Å²) in [4.78, 5) is 4.63. The van der Waals surface area contributed by atoms with Gasteiger partial charge < -0.3 is 5.11 Å². The van der Waals surface area contributed by atoms with Crippen LogP contribution >= 0.6 is 0 Å². The molecule has 3 aromatic rings. The van der Waals surface area contributed by atoms with Crippen LogP contribution < -0.4 is 0 Å². The highest BCUT2D eigenvalue weighted by Gasteiger charge is 2.19. The summed E-state index contributed by atoms with van der Waals surface area (Å²) in [7, 11) is 0. The van der Waals surface area contributed by atoms with Crippen LogP contribution in [0.3, 0.4) is 0 Å². The van der Waals surface area contributed by atoms with Crippen molar-refractivity contribution < 1.29 is 5.11 Å². The first-order chi connectivity index (χ1) is 15.3. The zero-order chi connectivity index (χ0) is 21.3. The molecule has 0 saturated heterocycles. The van der Waals surface area contributed by atoms with Gasteiger partial charge in [-0.1, -0.05) is 93.5 Å². The van der Waals surface area contributed by atoms with Gasteiger partial charge in [0.05, 0.1) is 5.69 Å². The van der Waals surface area contributed by atoms with Gasteiger partial charge in [-0.2, -0.15) is 0 Å². The van der Waals surface area contributed by atoms with Crippen LogP contribution in [0.5, 0.6) is 5.75 Å². The molecule has 1 saturated carbocycles. The standard InChI is InChI=1S/C29H33NO/c31-29-26(22-30-27-18-12-7-13-19-27)20-25(23-14-10-6-11-15-23)21-28(29)24-16-8-4-2-1-3-5-9-17-24/h6-7,10-15,18-22,24,31H,1-5,8-9,16-17H2. The van der Waals surface area contributed by atoms with Crippen LogP contribution in [0.4, 0.5) is 5.69 Å². The number of phenolic OH excluding ortho intramolecular Hbond substituents is 1. The highest BCUT2D eigenvalue weighted by molar-refractivity contribution is 5.88. The van der Waals surface area contributed by atoms with Gasteiger partial charge >= 0.3 is 0 Å². The van der Waals surface area contributed by atoms with E-state index < -0.39 is 0 Å². The molecule has 4 rings (SSSR count). The molecule has 0 atom stereocenters. The van der Waals surface area contributed by atoms with E-state index in [0.717, 1.165) is 35.2 Å². The molecule has 3 aromatic carbocycles. The summed E-state index contributed by atoms with van der Waals surface area (Å²) >= 11 is 0. The van der Waals surface area contributed by atoms with E-state index in [1.165, 1.54) is 50.5 Å². The molecule has 0 heterocycles. The number of hydrogen-bond acceptors (Lipinski definition) is 2. The number of benzene rings is 3. The molecule has 2 nitrogen and oxygen atoms in total. The second-order valence-corrected chi connectivity index (χ2v) is 8.71. The summed E-state index contributed by atoms with van der Waals surface area (Å²) in [6.45, 7) is 0. The summed E-state index contributed by atoms with van der Waals surface area (Å²) in [6.07, 6.45) is 13.3. The predicted octanol–water partition coefficient (Wildman–Crippen LogP) is 8.42. The minimum atomic E-state index is 0.404. The molecule has 0 amide bonds. The van der Waals surface area contributed by atoms with Gasteiger partial charge in [0.2, 0.25) is 0 Å². The number of nitrogens with zero attached hydrogens (tertiary/aromatic N) is 1. The quantitative estimate of drug-likeness (QED) is 0.429. The zero-order valence-corrected chi connectivity index (χ0v) is 18.3. The Morgan fingerprint density at radius 1 is 0.677 bits per heavy atom. The van der Waals surface area contributed by atoms with Gasteiger partial charge in [-0.3, -0.25) is 4.99 Å². The van der Waals surface area contributed by atoms with E-state index in [0.29, 0.717) is 11.7 Å². The van der Waals surface area contributed by atoms with Crippen molar-refractivity contribution in [3.05, 3.63) is 83.9 Å². The van der Waals surface area contributed by atoms with Crippen molar-refractivity contribution in [2.24, 2.45) is 4.99 Å². The Balaban J connectivity index is 1.72. The van der Waals surface area contributed by atoms with Crippen molar-refractivity contribution in [2.75, 3.05) is 0 Å². The monoisotopic (exact) mass is 411 g/mol. The highest BCUT2D eigenvalue weighted by atomic mass is 16.3. The molecule has 160 valence electrons. The van der Waals surface area contributed by atoms with Crippen LogP contribution in [0.25, 0.3) is 11.1 Å². The topological polar surface area (TPSA) is 32.6 Å². The lowest BCUT2D eigenvalue weighted by molar-refractivity contribution is 0.429. The van der Waals surface area contributed by atoms with Crippen LogP contribution in [0.2, 0.25) is 0 Å². The van der Waals surface area contributed by atoms with Gasteiger partial charge in [0.1, 0.15) is 5.75 Å². The first-order valence-corrected chi connectivity index (χ1v) is 11.8. The first-order valence-electron chi connectivity index (χ1n) is 11.8. The third-order valence-electron chi connectivity index (χ3n) is 6.43. The number of rotatable bonds is 4. The second kappa shape index (κ2) is 10.9. The van der Waals surface area contributed by atoms with Crippen molar-refractivity contribution in [3.63, 3.8) is 0 Å². The summed E-state index contributed by atoms with van der Waals surface area (Å²) in [5.41, 5.74) is 5.12. The van der Waals surface area contributed by atoms with Gasteiger partial charge in [0, 0.05) is 11.8 Å². The van der Waals surface area contributed by atoms with Crippen molar-refractivity contribution in [2.45, 2.75) is 63.7 Å². The lowest BCUT2D eigenvalue weighted by atomic mass is 9.84. The number of hydrogen-bond donors (Lipinski definition) is 1. The Bertz CT molecular complexity index is 968. The maximum atomic E-state index is 11.3. The van der Waals surface area contributed by atoms with Crippen LogP contribution in [-0.4, -0.2) is 11.3 Å². The summed E-state index contributed by atoms with van der Waals surface area (Å²) < 4.78 is 0. The number of aliphatic imine (C=N–C) groups is 1. The van der Waals surface area contributed by atoms with E-state index in [2.05, 4.69) is 41.4 Å². The Labute approximate surface area is 186 Å². The van der Waals surface area contributed by atoms with Gasteiger partial charge in [-0.25, -0.2) is 0 Å². The average molecular weight is 412 g/mol. The fourth-order valence-corrected chi connectivity index (χ4v) is 4.67. The van der Waals surface area contributed by atoms with Gasteiger partial charge in [0.15, 0.2) is 0 Å². The fourth-order valence-electron chi connectivity index (χ4n) is 4.67. The SMILES string of the molecule is Oc1c(C=Nc2ccccc2)cc(-c2ccccc2)cc1C1CCCCCCCCC1. The Kier molecular flexibility index (Phi) is 7.55. The van der Waals surface area contributed by atoms with Crippen LogP contribution in [0, 0.1) is 0 Å². The smallest absolute Gasteiger partial charge is 0.127 e. The van der Waals surface area contributed by atoms with E-state index in [1.54, 1.807) is 0 Å². The van der Waals surface area contributed by atoms with E-state index in [4.69, 9.17) is 0 Å². The summed E-state index contributed by atoms with van der Waals surface area (Å²) in [5.74, 6) is 0.812. The van der Waals surface area contributed by atoms with E-state index in [1.807, 2.05) is 42.6 Å². The Morgan fingerprint density at radius 2 is 1.26 bits per heavy atom. The van der Waals surface area contributed by atoms with E-state index in [9.17, 15) is 5.11 Å². The van der Waals surface area contributed by atoms with Gasteiger partial charge in [-0.05, 0) is 59.7 Å². The molecule has 0 spiro atoms. The average Bonchev–Trinajstić information content (AvgIpc) is 2.83. The third kappa shape index (κ3) is 5.85. The molecule has 0 bridgehead atoms. The molecule has 0 unspecified atom stereocenters.